The average Bonchev–Trinajstić information content (AvgIpc) is 2.93. The predicted octanol–water partition coefficient (Wildman–Crippen LogP) is 3.91. The number of fused-ring (bicyclic) bond motifs is 1. The zero-order valence-electron chi connectivity index (χ0n) is 13.3. The molecule has 1 aliphatic rings. The minimum Gasteiger partial charge on any atom is -0.282 e. The van der Waals surface area contributed by atoms with E-state index >= 15 is 0 Å². The smallest absolute Gasteiger partial charge is 0.282 e. The third-order valence-corrected chi connectivity index (χ3v) is 4.29. The number of aliphatic imine (C=N–C) groups is 1. The van der Waals surface area contributed by atoms with Crippen LogP contribution in [0.15, 0.2) is 34.5 Å². The lowest BCUT2D eigenvalue weighted by atomic mass is 9.76. The van der Waals surface area contributed by atoms with Crippen molar-refractivity contribution >= 4 is 16.6 Å². The first kappa shape index (κ1) is 16.7. The highest BCUT2D eigenvalue weighted by Crippen LogP contribution is 2.43. The quantitative estimate of drug-likeness (QED) is 0.851. The van der Waals surface area contributed by atoms with Gasteiger partial charge in [0.05, 0.1) is 29.1 Å². The van der Waals surface area contributed by atoms with E-state index in [1.165, 1.54) is 6.92 Å². The molecule has 5 nitrogen and oxygen atoms in total. The van der Waals surface area contributed by atoms with Gasteiger partial charge in [-0.25, -0.2) is 0 Å². The van der Waals surface area contributed by atoms with E-state index in [4.69, 9.17) is 0 Å². The monoisotopic (exact) mass is 343 g/mol. The standard InChI is InChI=1S/C17H12F3N5/c1-8-12(6-21)15(13(7-22)16(23-8)17(18,19)20)10-3-4-14-11(5-10)9(2)24-25-14/h3-5,12,15H,1-2H3,(H,24,25)/t12?,15-/m0/s1. The van der Waals surface area contributed by atoms with Crippen molar-refractivity contribution in [3.8, 4) is 12.1 Å². The largest absolute Gasteiger partial charge is 0.434 e. The number of aromatic amines is 1. The molecule has 0 spiro atoms. The van der Waals surface area contributed by atoms with Gasteiger partial charge in [0.25, 0.3) is 0 Å². The number of H-pyrrole nitrogens is 1. The molecule has 1 N–H and O–H groups in total. The zero-order valence-corrected chi connectivity index (χ0v) is 13.3. The molecule has 0 radical (unpaired) electrons. The molecular weight excluding hydrogens is 331 g/mol. The second kappa shape index (κ2) is 5.75. The molecule has 0 saturated heterocycles. The number of nitrogens with one attached hydrogen (secondary N) is 1. The van der Waals surface area contributed by atoms with Crippen molar-refractivity contribution in [2.45, 2.75) is 25.9 Å². The predicted molar refractivity (Wildman–Crippen MR) is 84.5 cm³/mol. The van der Waals surface area contributed by atoms with Crippen LogP contribution in [0.25, 0.3) is 10.9 Å². The summed E-state index contributed by atoms with van der Waals surface area (Å²) in [7, 11) is 0. The van der Waals surface area contributed by atoms with Gasteiger partial charge in [0.15, 0.2) is 5.70 Å². The summed E-state index contributed by atoms with van der Waals surface area (Å²) >= 11 is 0. The van der Waals surface area contributed by atoms with E-state index in [0.717, 1.165) is 11.1 Å². The van der Waals surface area contributed by atoms with Gasteiger partial charge in [0.2, 0.25) is 0 Å². The van der Waals surface area contributed by atoms with Crippen LogP contribution in [0.2, 0.25) is 0 Å². The lowest BCUT2D eigenvalue weighted by Gasteiger charge is -2.28. The number of nitriles is 2. The fraction of sp³-hybridized carbons (Fsp3) is 0.294. The lowest BCUT2D eigenvalue weighted by Crippen LogP contribution is -2.29. The van der Waals surface area contributed by atoms with E-state index < -0.39 is 29.3 Å². The summed E-state index contributed by atoms with van der Waals surface area (Å²) in [6, 6.07) is 8.55. The molecule has 2 atom stereocenters. The molecule has 8 heteroatoms. The van der Waals surface area contributed by atoms with E-state index in [1.807, 2.05) is 6.07 Å². The molecule has 0 fully saturated rings. The normalized spacial score (nSPS) is 21.0. The first-order valence-electron chi connectivity index (χ1n) is 7.38. The number of nitrogens with zero attached hydrogens (tertiary/aromatic N) is 4. The van der Waals surface area contributed by atoms with Gasteiger partial charge in [-0.1, -0.05) is 6.07 Å². The Morgan fingerprint density at radius 1 is 1.20 bits per heavy atom. The Morgan fingerprint density at radius 3 is 2.52 bits per heavy atom. The fourth-order valence-electron chi connectivity index (χ4n) is 3.08. The minimum absolute atomic E-state index is 0.0443. The zero-order chi connectivity index (χ0) is 18.4. The van der Waals surface area contributed by atoms with Gasteiger partial charge in [-0.15, -0.1) is 0 Å². The first-order valence-corrected chi connectivity index (χ1v) is 7.38. The van der Waals surface area contributed by atoms with Gasteiger partial charge in [-0.2, -0.15) is 28.8 Å². The minimum atomic E-state index is -4.76. The maximum atomic E-state index is 13.3. The van der Waals surface area contributed by atoms with Crippen LogP contribution >= 0.6 is 0 Å². The Hall–Kier alpha value is -3.13. The molecule has 0 amide bonds. The SMILES string of the molecule is CC1=NC(C(F)(F)F)=C(C#N)[C@@H](c2ccc3n[nH]c(C)c3c2)C1C#N. The van der Waals surface area contributed by atoms with Crippen molar-refractivity contribution in [3.63, 3.8) is 0 Å². The summed E-state index contributed by atoms with van der Waals surface area (Å²) < 4.78 is 40.0. The molecule has 126 valence electrons. The third-order valence-electron chi connectivity index (χ3n) is 4.29. The van der Waals surface area contributed by atoms with Crippen LogP contribution in [0.4, 0.5) is 13.2 Å². The van der Waals surface area contributed by atoms with Gasteiger partial charge in [-0.05, 0) is 31.5 Å². The number of hydrogen-bond donors (Lipinski definition) is 1. The van der Waals surface area contributed by atoms with Crippen molar-refractivity contribution in [2.75, 3.05) is 0 Å². The highest BCUT2D eigenvalue weighted by Gasteiger charge is 2.44. The summed E-state index contributed by atoms with van der Waals surface area (Å²) in [6.07, 6.45) is -4.76. The second-order valence-electron chi connectivity index (χ2n) is 5.83. The number of hydrogen-bond acceptors (Lipinski definition) is 4. The van der Waals surface area contributed by atoms with Gasteiger partial charge < -0.3 is 0 Å². The summed E-state index contributed by atoms with van der Waals surface area (Å²) in [5, 5.41) is 26.5. The maximum Gasteiger partial charge on any atom is 0.434 e. The van der Waals surface area contributed by atoms with Crippen LogP contribution in [0.5, 0.6) is 0 Å². The van der Waals surface area contributed by atoms with E-state index in [2.05, 4.69) is 15.2 Å². The van der Waals surface area contributed by atoms with Crippen molar-refractivity contribution in [3.05, 3.63) is 40.7 Å². The molecule has 1 unspecified atom stereocenters. The summed E-state index contributed by atoms with van der Waals surface area (Å²) in [6.45, 7) is 3.17. The van der Waals surface area contributed by atoms with Gasteiger partial charge in [-0.3, -0.25) is 10.1 Å². The molecule has 0 aliphatic carbocycles. The molecule has 1 aromatic carbocycles. The summed E-state index contributed by atoms with van der Waals surface area (Å²) in [4.78, 5) is 3.51. The number of benzene rings is 1. The highest BCUT2D eigenvalue weighted by molar-refractivity contribution is 5.91. The number of aromatic nitrogens is 2. The summed E-state index contributed by atoms with van der Waals surface area (Å²) in [5.74, 6) is -1.96. The molecule has 3 rings (SSSR count). The lowest BCUT2D eigenvalue weighted by molar-refractivity contribution is -0.0935. The van der Waals surface area contributed by atoms with Crippen LogP contribution in [0.3, 0.4) is 0 Å². The van der Waals surface area contributed by atoms with Crippen LogP contribution in [-0.2, 0) is 0 Å². The van der Waals surface area contributed by atoms with Crippen LogP contribution in [0.1, 0.15) is 24.1 Å². The van der Waals surface area contributed by atoms with E-state index in [0.29, 0.717) is 11.1 Å². The number of halogens is 3. The van der Waals surface area contributed by atoms with Crippen molar-refractivity contribution in [2.24, 2.45) is 10.9 Å². The molecule has 1 aromatic heterocycles. The fourth-order valence-corrected chi connectivity index (χ4v) is 3.08. The first-order chi connectivity index (χ1) is 11.8. The number of rotatable bonds is 1. The Morgan fingerprint density at radius 2 is 1.92 bits per heavy atom. The topological polar surface area (TPSA) is 88.6 Å². The molecular formula is C17H12F3N5. The molecule has 2 aromatic rings. The Labute approximate surface area is 141 Å². The molecule has 1 aliphatic heterocycles. The second-order valence-corrected chi connectivity index (χ2v) is 5.83. The molecule has 2 heterocycles. The van der Waals surface area contributed by atoms with Crippen LogP contribution < -0.4 is 0 Å². The van der Waals surface area contributed by atoms with Gasteiger partial charge in [0.1, 0.15) is 0 Å². The third kappa shape index (κ3) is 2.66. The van der Waals surface area contributed by atoms with E-state index in [-0.39, 0.29) is 5.71 Å². The molecule has 25 heavy (non-hydrogen) atoms. The maximum absolute atomic E-state index is 13.3. The number of aryl methyl sites for hydroxylation is 1. The van der Waals surface area contributed by atoms with Crippen LogP contribution in [0, 0.1) is 35.5 Å². The Kier molecular flexibility index (Phi) is 3.84. The van der Waals surface area contributed by atoms with Crippen molar-refractivity contribution in [1.29, 1.82) is 10.5 Å². The number of allylic oxidation sites excluding steroid dienone is 2. The number of alkyl halides is 3. The van der Waals surface area contributed by atoms with Crippen molar-refractivity contribution < 1.29 is 13.2 Å². The summed E-state index contributed by atoms with van der Waals surface area (Å²) in [5.41, 5.74) is 0.150. The average molecular weight is 343 g/mol. The van der Waals surface area contributed by atoms with Crippen molar-refractivity contribution in [1.82, 2.24) is 10.2 Å². The van der Waals surface area contributed by atoms with Crippen LogP contribution in [-0.4, -0.2) is 22.1 Å². The van der Waals surface area contributed by atoms with Gasteiger partial charge in [0, 0.05) is 22.7 Å². The van der Waals surface area contributed by atoms with E-state index in [9.17, 15) is 23.7 Å². The molecule has 0 saturated carbocycles. The molecule has 0 bridgehead atoms. The Bertz CT molecular complexity index is 998. The highest BCUT2D eigenvalue weighted by atomic mass is 19.4. The Balaban J connectivity index is 2.27. The van der Waals surface area contributed by atoms with E-state index in [1.54, 1.807) is 31.2 Å². The van der Waals surface area contributed by atoms with Gasteiger partial charge >= 0.3 is 6.18 Å².